The minimum absolute atomic E-state index is 0.0385. The third kappa shape index (κ3) is 2.68. The molecule has 1 amide bonds. The van der Waals surface area contributed by atoms with E-state index in [0.717, 1.165) is 10.9 Å². The van der Waals surface area contributed by atoms with Crippen LogP contribution in [0.2, 0.25) is 5.02 Å². The zero-order valence-corrected chi connectivity index (χ0v) is 13.7. The largest absolute Gasteiger partial charge is 0.330 e. The van der Waals surface area contributed by atoms with Gasteiger partial charge in [-0.25, -0.2) is 0 Å². The Balaban J connectivity index is 1.64. The average Bonchev–Trinajstić information content (AvgIpc) is 3.11. The first kappa shape index (κ1) is 14.9. The first-order chi connectivity index (χ1) is 11.7. The highest BCUT2D eigenvalue weighted by atomic mass is 35.5. The van der Waals surface area contributed by atoms with Gasteiger partial charge in [0.05, 0.1) is 11.1 Å². The normalized spacial score (nSPS) is 14.0. The molecule has 0 atom stereocenters. The summed E-state index contributed by atoms with van der Waals surface area (Å²) in [6.07, 6.45) is 3.80. The van der Waals surface area contributed by atoms with Gasteiger partial charge in [0.2, 0.25) is 0 Å². The summed E-state index contributed by atoms with van der Waals surface area (Å²) in [6.45, 7) is 1.20. The summed E-state index contributed by atoms with van der Waals surface area (Å²) in [5, 5.41) is 1.43. The molecule has 0 N–H and O–H groups in total. The summed E-state index contributed by atoms with van der Waals surface area (Å²) < 4.78 is 0. The number of amides is 1. The zero-order chi connectivity index (χ0) is 16.5. The van der Waals surface area contributed by atoms with Crippen molar-refractivity contribution in [1.82, 2.24) is 9.88 Å². The molecule has 4 heteroatoms. The second-order valence-electron chi connectivity index (χ2n) is 5.81. The van der Waals surface area contributed by atoms with Gasteiger partial charge in [-0.05, 0) is 29.3 Å². The molecule has 0 fully saturated rings. The van der Waals surface area contributed by atoms with Crippen molar-refractivity contribution in [3.63, 3.8) is 0 Å². The molecule has 24 heavy (non-hydrogen) atoms. The third-order valence-corrected chi connectivity index (χ3v) is 4.47. The molecule has 0 saturated heterocycles. The van der Waals surface area contributed by atoms with Gasteiger partial charge in [0.1, 0.15) is 0 Å². The molecule has 118 valence electrons. The van der Waals surface area contributed by atoms with E-state index in [9.17, 15) is 4.79 Å². The van der Waals surface area contributed by atoms with Crippen molar-refractivity contribution >= 4 is 34.0 Å². The molecule has 3 nitrogen and oxygen atoms in total. The number of benzene rings is 2. The summed E-state index contributed by atoms with van der Waals surface area (Å²) in [5.74, 6) is -0.0385. The van der Waals surface area contributed by atoms with Crippen molar-refractivity contribution in [2.24, 2.45) is 0 Å². The van der Waals surface area contributed by atoms with Crippen LogP contribution in [0.25, 0.3) is 16.5 Å². The van der Waals surface area contributed by atoms with Crippen LogP contribution in [0, 0.1) is 0 Å². The van der Waals surface area contributed by atoms with Gasteiger partial charge in [-0.3, -0.25) is 9.78 Å². The van der Waals surface area contributed by atoms with Crippen LogP contribution in [0.5, 0.6) is 0 Å². The van der Waals surface area contributed by atoms with Gasteiger partial charge in [-0.2, -0.15) is 0 Å². The number of aromatic nitrogens is 1. The van der Waals surface area contributed by atoms with Gasteiger partial charge >= 0.3 is 0 Å². The van der Waals surface area contributed by atoms with E-state index in [1.807, 2.05) is 41.3 Å². The molecule has 0 saturated carbocycles. The molecule has 0 unspecified atom stereocenters. The molecule has 3 aromatic rings. The molecule has 1 aliphatic rings. The van der Waals surface area contributed by atoms with Crippen molar-refractivity contribution in [2.45, 2.75) is 0 Å². The van der Waals surface area contributed by atoms with E-state index < -0.39 is 0 Å². The maximum absolute atomic E-state index is 13.0. The van der Waals surface area contributed by atoms with Gasteiger partial charge in [-0.15, -0.1) is 0 Å². The fraction of sp³-hybridized carbons (Fsp3) is 0.100. The van der Waals surface area contributed by atoms with Crippen LogP contribution < -0.4 is 0 Å². The number of carbonyl (C=O) groups is 1. The standard InChI is InChI=1S/C20H15ClN2O/c21-17-11-15-7-4-9-22-19(15)18(12-17)20(24)23-10-8-16(13-23)14-5-2-1-3-6-14/h1-9,11-12H,10,13H2. The number of halogens is 1. The molecule has 4 rings (SSSR count). The number of nitrogens with zero attached hydrogens (tertiary/aromatic N) is 2. The second kappa shape index (κ2) is 6.10. The summed E-state index contributed by atoms with van der Waals surface area (Å²) >= 11 is 6.19. The number of pyridine rings is 1. The van der Waals surface area contributed by atoms with Crippen LogP contribution in [0.1, 0.15) is 15.9 Å². The van der Waals surface area contributed by atoms with E-state index >= 15 is 0 Å². The topological polar surface area (TPSA) is 33.2 Å². The predicted octanol–water partition coefficient (Wildman–Crippen LogP) is 4.43. The lowest BCUT2D eigenvalue weighted by atomic mass is 10.1. The molecule has 0 spiro atoms. The smallest absolute Gasteiger partial charge is 0.256 e. The minimum atomic E-state index is -0.0385. The highest BCUT2D eigenvalue weighted by Crippen LogP contribution is 2.26. The Hall–Kier alpha value is -2.65. The van der Waals surface area contributed by atoms with Crippen LogP contribution in [0.4, 0.5) is 0 Å². The lowest BCUT2D eigenvalue weighted by Crippen LogP contribution is -2.29. The Morgan fingerprint density at radius 2 is 1.92 bits per heavy atom. The van der Waals surface area contributed by atoms with E-state index in [2.05, 4.69) is 23.2 Å². The van der Waals surface area contributed by atoms with Crippen LogP contribution >= 0.6 is 11.6 Å². The average molecular weight is 335 g/mol. The molecule has 0 bridgehead atoms. The molecule has 2 heterocycles. The molecule has 1 aromatic heterocycles. The zero-order valence-electron chi connectivity index (χ0n) is 12.9. The van der Waals surface area contributed by atoms with Gasteiger partial charge in [0, 0.05) is 29.7 Å². The van der Waals surface area contributed by atoms with Crippen molar-refractivity contribution in [1.29, 1.82) is 0 Å². The second-order valence-corrected chi connectivity index (χ2v) is 6.25. The molecular formula is C20H15ClN2O. The number of hydrogen-bond acceptors (Lipinski definition) is 2. The molecule has 1 aliphatic heterocycles. The van der Waals surface area contributed by atoms with Gasteiger partial charge in [0.25, 0.3) is 5.91 Å². The van der Waals surface area contributed by atoms with Crippen molar-refractivity contribution in [2.75, 3.05) is 13.1 Å². The summed E-state index contributed by atoms with van der Waals surface area (Å²) in [5.41, 5.74) is 3.57. The minimum Gasteiger partial charge on any atom is -0.330 e. The van der Waals surface area contributed by atoms with Gasteiger partial charge in [0.15, 0.2) is 0 Å². The van der Waals surface area contributed by atoms with Crippen molar-refractivity contribution < 1.29 is 4.79 Å². The molecule has 0 radical (unpaired) electrons. The quantitative estimate of drug-likeness (QED) is 0.694. The monoisotopic (exact) mass is 334 g/mol. The fourth-order valence-corrected chi connectivity index (χ4v) is 3.29. The van der Waals surface area contributed by atoms with Crippen molar-refractivity contribution in [3.05, 3.63) is 83.0 Å². The highest BCUT2D eigenvalue weighted by Gasteiger charge is 2.23. The van der Waals surface area contributed by atoms with E-state index in [0.29, 0.717) is 29.2 Å². The number of carbonyl (C=O) groups excluding carboxylic acids is 1. The summed E-state index contributed by atoms with van der Waals surface area (Å²) in [6, 6.07) is 17.4. The van der Waals surface area contributed by atoms with E-state index in [1.54, 1.807) is 12.3 Å². The highest BCUT2D eigenvalue weighted by molar-refractivity contribution is 6.32. The van der Waals surface area contributed by atoms with E-state index in [1.165, 1.54) is 5.57 Å². The fourth-order valence-electron chi connectivity index (χ4n) is 3.06. The Morgan fingerprint density at radius 1 is 1.08 bits per heavy atom. The first-order valence-electron chi connectivity index (χ1n) is 7.80. The summed E-state index contributed by atoms with van der Waals surface area (Å²) in [7, 11) is 0. The molecule has 2 aromatic carbocycles. The SMILES string of the molecule is O=C(c1cc(Cl)cc2cccnc12)N1CC=C(c2ccccc2)C1. The number of hydrogen-bond donors (Lipinski definition) is 0. The predicted molar refractivity (Wildman–Crippen MR) is 97.1 cm³/mol. The summed E-state index contributed by atoms with van der Waals surface area (Å²) in [4.78, 5) is 19.2. The molecule has 0 aliphatic carbocycles. The van der Waals surface area contributed by atoms with Crippen LogP contribution in [-0.4, -0.2) is 28.9 Å². The van der Waals surface area contributed by atoms with Crippen LogP contribution in [0.3, 0.4) is 0 Å². The maximum atomic E-state index is 13.0. The van der Waals surface area contributed by atoms with Gasteiger partial charge in [-0.1, -0.05) is 54.1 Å². The Morgan fingerprint density at radius 3 is 2.75 bits per heavy atom. The Kier molecular flexibility index (Phi) is 3.79. The molecular weight excluding hydrogens is 320 g/mol. The Labute approximate surface area is 145 Å². The van der Waals surface area contributed by atoms with E-state index in [4.69, 9.17) is 11.6 Å². The van der Waals surface area contributed by atoms with E-state index in [-0.39, 0.29) is 5.91 Å². The lowest BCUT2D eigenvalue weighted by Gasteiger charge is -2.18. The Bertz CT molecular complexity index is 950. The van der Waals surface area contributed by atoms with Gasteiger partial charge < -0.3 is 4.90 Å². The third-order valence-electron chi connectivity index (χ3n) is 4.25. The maximum Gasteiger partial charge on any atom is 0.256 e. The van der Waals surface area contributed by atoms with Crippen LogP contribution in [0.15, 0.2) is 66.9 Å². The lowest BCUT2D eigenvalue weighted by molar-refractivity contribution is 0.0803. The van der Waals surface area contributed by atoms with Crippen LogP contribution in [-0.2, 0) is 0 Å². The van der Waals surface area contributed by atoms with Crippen molar-refractivity contribution in [3.8, 4) is 0 Å². The number of fused-ring (bicyclic) bond motifs is 1. The number of rotatable bonds is 2. The first-order valence-corrected chi connectivity index (χ1v) is 8.18.